The maximum atomic E-state index is 11.2. The van der Waals surface area contributed by atoms with Gasteiger partial charge in [0.1, 0.15) is 11.5 Å². The lowest BCUT2D eigenvalue weighted by atomic mass is 10.3. The van der Waals surface area contributed by atoms with E-state index in [-0.39, 0.29) is 11.4 Å². The fraction of sp³-hybridized carbons (Fsp3) is 0.222. The van der Waals surface area contributed by atoms with Gasteiger partial charge in [-0.3, -0.25) is 4.72 Å². The van der Waals surface area contributed by atoms with Gasteiger partial charge in [-0.25, -0.2) is 8.42 Å². The van der Waals surface area contributed by atoms with Crippen LogP contribution in [0.2, 0.25) is 0 Å². The number of nitrogens with one attached hydrogen (secondary N) is 1. The van der Waals surface area contributed by atoms with E-state index in [0.717, 1.165) is 0 Å². The summed E-state index contributed by atoms with van der Waals surface area (Å²) in [7, 11) is -2.31. The summed E-state index contributed by atoms with van der Waals surface area (Å²) < 4.78 is 29.4. The van der Waals surface area contributed by atoms with Crippen LogP contribution in [0.1, 0.15) is 0 Å². The molecular weight excluding hydrogens is 232 g/mol. The number of phenolic OH excluding ortho intramolecular Hbond substituents is 1. The Morgan fingerprint density at radius 1 is 1.56 bits per heavy atom. The quantitative estimate of drug-likeness (QED) is 0.756. The number of ether oxygens (including phenoxy) is 1. The monoisotopic (exact) mass is 242 g/mol. The average Bonchev–Trinajstić information content (AvgIpc) is 2.20. The van der Waals surface area contributed by atoms with E-state index in [1.807, 2.05) is 0 Å². The van der Waals surface area contributed by atoms with Crippen LogP contribution in [-0.4, -0.2) is 26.4 Å². The zero-order chi connectivity index (χ0) is 12.2. The number of benzene rings is 1. The molecule has 1 rings (SSSR count). The van der Waals surface area contributed by atoms with Crippen molar-refractivity contribution in [2.24, 2.45) is 0 Å². The summed E-state index contributed by atoms with van der Waals surface area (Å²) >= 11 is 0. The van der Waals surface area contributed by atoms with E-state index in [0.29, 0.717) is 5.75 Å². The van der Waals surface area contributed by atoms with E-state index in [4.69, 9.17) is 10.00 Å². The van der Waals surface area contributed by atoms with Gasteiger partial charge in [0, 0.05) is 6.07 Å². The van der Waals surface area contributed by atoms with Crippen molar-refractivity contribution >= 4 is 15.7 Å². The van der Waals surface area contributed by atoms with Crippen LogP contribution < -0.4 is 9.46 Å². The lowest BCUT2D eigenvalue weighted by molar-refractivity contribution is 0.408. The highest BCUT2D eigenvalue weighted by Gasteiger charge is 2.12. The Kier molecular flexibility index (Phi) is 3.58. The molecule has 0 bridgehead atoms. The first kappa shape index (κ1) is 12.1. The molecule has 0 saturated heterocycles. The molecule has 1 aromatic carbocycles. The minimum atomic E-state index is -3.74. The first-order chi connectivity index (χ1) is 7.48. The molecule has 0 saturated carbocycles. The maximum Gasteiger partial charge on any atom is 0.246 e. The van der Waals surface area contributed by atoms with E-state index in [1.54, 1.807) is 0 Å². The summed E-state index contributed by atoms with van der Waals surface area (Å²) in [5.74, 6) is -0.528. The molecule has 0 amide bonds. The SMILES string of the molecule is COc1ccc(NS(=O)(=O)CC#N)c(O)c1. The standard InChI is InChI=1S/C9H10N2O4S/c1-15-7-2-3-8(9(12)6-7)11-16(13,14)5-4-10/h2-3,6,11-12H,5H2,1H3. The Balaban J connectivity index is 2.96. The predicted octanol–water partition coefficient (Wildman–Crippen LogP) is 0.666. The molecule has 0 aliphatic rings. The van der Waals surface area contributed by atoms with Crippen LogP contribution >= 0.6 is 0 Å². The van der Waals surface area contributed by atoms with Gasteiger partial charge in [-0.2, -0.15) is 5.26 Å². The Labute approximate surface area is 93.1 Å². The smallest absolute Gasteiger partial charge is 0.246 e. The van der Waals surface area contributed by atoms with Gasteiger partial charge in [-0.05, 0) is 12.1 Å². The summed E-state index contributed by atoms with van der Waals surface area (Å²) in [6, 6.07) is 5.62. The number of sulfonamides is 1. The van der Waals surface area contributed by atoms with Crippen LogP contribution in [0.5, 0.6) is 11.5 Å². The van der Waals surface area contributed by atoms with Crippen molar-refractivity contribution in [1.29, 1.82) is 5.26 Å². The summed E-state index contributed by atoms with van der Waals surface area (Å²) in [6.07, 6.45) is 0. The van der Waals surface area contributed by atoms with Crippen molar-refractivity contribution in [3.8, 4) is 17.6 Å². The van der Waals surface area contributed by atoms with Gasteiger partial charge >= 0.3 is 0 Å². The number of nitrogens with zero attached hydrogens (tertiary/aromatic N) is 1. The highest BCUT2D eigenvalue weighted by Crippen LogP contribution is 2.28. The zero-order valence-corrected chi connectivity index (χ0v) is 9.28. The van der Waals surface area contributed by atoms with Crippen molar-refractivity contribution in [3.05, 3.63) is 18.2 Å². The van der Waals surface area contributed by atoms with Crippen LogP contribution in [0, 0.1) is 11.3 Å². The third kappa shape index (κ3) is 3.03. The second-order valence-electron chi connectivity index (χ2n) is 2.90. The average molecular weight is 242 g/mol. The molecule has 7 heteroatoms. The molecule has 0 unspecified atom stereocenters. The zero-order valence-electron chi connectivity index (χ0n) is 8.47. The summed E-state index contributed by atoms with van der Waals surface area (Å²) in [6.45, 7) is 0. The van der Waals surface area contributed by atoms with E-state index >= 15 is 0 Å². The second kappa shape index (κ2) is 4.72. The van der Waals surface area contributed by atoms with Crippen LogP contribution in [-0.2, 0) is 10.0 Å². The first-order valence-electron chi connectivity index (χ1n) is 4.23. The van der Waals surface area contributed by atoms with E-state index in [9.17, 15) is 13.5 Å². The summed E-state index contributed by atoms with van der Waals surface area (Å²) in [4.78, 5) is 0. The molecule has 0 aliphatic carbocycles. The van der Waals surface area contributed by atoms with Gasteiger partial charge in [-0.1, -0.05) is 0 Å². The molecule has 0 fully saturated rings. The van der Waals surface area contributed by atoms with Gasteiger partial charge in [0.25, 0.3) is 0 Å². The number of hydrogen-bond acceptors (Lipinski definition) is 5. The Morgan fingerprint density at radius 2 is 2.25 bits per heavy atom. The molecule has 1 aromatic rings. The Hall–Kier alpha value is -1.94. The van der Waals surface area contributed by atoms with Crippen LogP contribution in [0.4, 0.5) is 5.69 Å². The maximum absolute atomic E-state index is 11.2. The lowest BCUT2D eigenvalue weighted by Crippen LogP contribution is -2.15. The van der Waals surface area contributed by atoms with E-state index in [1.165, 1.54) is 31.4 Å². The normalized spacial score (nSPS) is 10.5. The van der Waals surface area contributed by atoms with Gasteiger partial charge in [-0.15, -0.1) is 0 Å². The summed E-state index contributed by atoms with van der Waals surface area (Å²) in [5, 5.41) is 17.7. The second-order valence-corrected chi connectivity index (χ2v) is 4.62. The summed E-state index contributed by atoms with van der Waals surface area (Å²) in [5.41, 5.74) is 0.0102. The fourth-order valence-corrected chi connectivity index (χ4v) is 1.76. The first-order valence-corrected chi connectivity index (χ1v) is 5.88. The van der Waals surface area contributed by atoms with Crippen molar-refractivity contribution in [3.63, 3.8) is 0 Å². The molecule has 0 heterocycles. The Bertz CT molecular complexity index is 519. The number of hydrogen-bond donors (Lipinski definition) is 2. The minimum Gasteiger partial charge on any atom is -0.506 e. The Morgan fingerprint density at radius 3 is 2.75 bits per heavy atom. The predicted molar refractivity (Wildman–Crippen MR) is 57.7 cm³/mol. The van der Waals surface area contributed by atoms with Crippen molar-refractivity contribution in [2.45, 2.75) is 0 Å². The highest BCUT2D eigenvalue weighted by molar-refractivity contribution is 7.92. The molecule has 0 aromatic heterocycles. The van der Waals surface area contributed by atoms with Crippen molar-refractivity contribution < 1.29 is 18.3 Å². The fourth-order valence-electron chi connectivity index (χ4n) is 1.01. The van der Waals surface area contributed by atoms with Gasteiger partial charge in [0.15, 0.2) is 5.75 Å². The van der Waals surface area contributed by atoms with Crippen LogP contribution in [0.15, 0.2) is 18.2 Å². The third-order valence-corrected chi connectivity index (χ3v) is 2.76. The van der Waals surface area contributed by atoms with Crippen molar-refractivity contribution in [2.75, 3.05) is 17.6 Å². The molecule has 2 N–H and O–H groups in total. The molecule has 86 valence electrons. The molecule has 6 nitrogen and oxygen atoms in total. The van der Waals surface area contributed by atoms with Gasteiger partial charge in [0.2, 0.25) is 10.0 Å². The molecule has 0 spiro atoms. The van der Waals surface area contributed by atoms with Crippen LogP contribution in [0.25, 0.3) is 0 Å². The molecule has 0 atom stereocenters. The van der Waals surface area contributed by atoms with Gasteiger partial charge < -0.3 is 9.84 Å². The van der Waals surface area contributed by atoms with E-state index in [2.05, 4.69) is 4.72 Å². The topological polar surface area (TPSA) is 99.4 Å². The van der Waals surface area contributed by atoms with Gasteiger partial charge in [0.05, 0.1) is 18.9 Å². The molecular formula is C9H10N2O4S. The third-order valence-electron chi connectivity index (χ3n) is 1.72. The number of methoxy groups -OCH3 is 1. The molecule has 0 aliphatic heterocycles. The molecule has 0 radical (unpaired) electrons. The highest BCUT2D eigenvalue weighted by atomic mass is 32.2. The lowest BCUT2D eigenvalue weighted by Gasteiger charge is -2.08. The minimum absolute atomic E-state index is 0.0102. The van der Waals surface area contributed by atoms with E-state index < -0.39 is 15.8 Å². The number of rotatable bonds is 4. The number of aromatic hydroxyl groups is 1. The largest absolute Gasteiger partial charge is 0.506 e. The number of phenols is 1. The number of nitriles is 1. The molecule has 16 heavy (non-hydrogen) atoms. The van der Waals surface area contributed by atoms with Crippen molar-refractivity contribution in [1.82, 2.24) is 0 Å². The van der Waals surface area contributed by atoms with Crippen LogP contribution in [0.3, 0.4) is 0 Å². The number of anilines is 1.